The maximum Gasteiger partial charge on any atom is 0.276 e. The highest BCUT2D eigenvalue weighted by atomic mass is 16.5. The van der Waals surface area contributed by atoms with Crippen molar-refractivity contribution in [1.29, 1.82) is 0 Å². The third-order valence-corrected chi connectivity index (χ3v) is 4.54. The van der Waals surface area contributed by atoms with Crippen LogP contribution < -0.4 is 0 Å². The number of aryl methyl sites for hydroxylation is 2. The van der Waals surface area contributed by atoms with Gasteiger partial charge in [-0.2, -0.15) is 0 Å². The van der Waals surface area contributed by atoms with Crippen LogP contribution in [0.5, 0.6) is 0 Å². The molecule has 1 saturated heterocycles. The monoisotopic (exact) mass is 325 g/mol. The molecule has 1 aliphatic heterocycles. The van der Waals surface area contributed by atoms with E-state index in [4.69, 9.17) is 4.52 Å². The van der Waals surface area contributed by atoms with Crippen molar-refractivity contribution >= 4 is 11.7 Å². The van der Waals surface area contributed by atoms with Crippen LogP contribution in [0.2, 0.25) is 0 Å². The van der Waals surface area contributed by atoms with Gasteiger partial charge in [0.25, 0.3) is 5.91 Å². The SMILES string of the molecule is Cc1cc(C(=O)N2CCCC[C@H]2c2cc(C)n3ccnc3n2)no1. The first-order chi connectivity index (χ1) is 11.6. The highest BCUT2D eigenvalue weighted by Crippen LogP contribution is 2.31. The van der Waals surface area contributed by atoms with Gasteiger partial charge in [-0.05, 0) is 39.2 Å². The molecule has 1 aliphatic rings. The average molecular weight is 325 g/mol. The number of hydrogen-bond acceptors (Lipinski definition) is 5. The predicted molar refractivity (Wildman–Crippen MR) is 86.6 cm³/mol. The molecule has 0 radical (unpaired) electrons. The third kappa shape index (κ3) is 2.46. The Morgan fingerprint density at radius 1 is 1.29 bits per heavy atom. The zero-order valence-corrected chi connectivity index (χ0v) is 13.8. The molecule has 4 rings (SSSR count). The van der Waals surface area contributed by atoms with Gasteiger partial charge in [0.05, 0.1) is 11.7 Å². The van der Waals surface area contributed by atoms with Crippen molar-refractivity contribution in [3.05, 3.63) is 47.4 Å². The number of rotatable bonds is 2. The third-order valence-electron chi connectivity index (χ3n) is 4.54. The minimum absolute atomic E-state index is 0.0522. The van der Waals surface area contributed by atoms with Gasteiger partial charge in [-0.3, -0.25) is 9.20 Å². The minimum atomic E-state index is -0.0979. The minimum Gasteiger partial charge on any atom is -0.361 e. The lowest BCUT2D eigenvalue weighted by molar-refractivity contribution is 0.0595. The summed E-state index contributed by atoms with van der Waals surface area (Å²) < 4.78 is 7.00. The second kappa shape index (κ2) is 5.74. The van der Waals surface area contributed by atoms with Crippen molar-refractivity contribution in [3.63, 3.8) is 0 Å². The summed E-state index contributed by atoms with van der Waals surface area (Å²) in [4.78, 5) is 23.7. The van der Waals surface area contributed by atoms with E-state index in [0.717, 1.165) is 30.7 Å². The number of nitrogens with zero attached hydrogens (tertiary/aromatic N) is 5. The van der Waals surface area contributed by atoms with Crippen molar-refractivity contribution in [2.45, 2.75) is 39.2 Å². The molecule has 0 bridgehead atoms. The standard InChI is InChI=1S/C17H19N5O2/c1-11-9-13(19-17-18-6-8-21(11)17)15-5-3-4-7-22(15)16(23)14-10-12(2)24-20-14/h6,8-10,15H,3-5,7H2,1-2H3/t15-/m0/s1. The molecule has 124 valence electrons. The number of aromatic nitrogens is 4. The van der Waals surface area contributed by atoms with Crippen LogP contribution in [0.4, 0.5) is 0 Å². The van der Waals surface area contributed by atoms with Crippen molar-refractivity contribution in [2.24, 2.45) is 0 Å². The second-order valence-electron chi connectivity index (χ2n) is 6.25. The number of piperidine rings is 1. The molecule has 0 aliphatic carbocycles. The summed E-state index contributed by atoms with van der Waals surface area (Å²) in [7, 11) is 0. The van der Waals surface area contributed by atoms with E-state index in [2.05, 4.69) is 15.1 Å². The van der Waals surface area contributed by atoms with Crippen molar-refractivity contribution < 1.29 is 9.32 Å². The number of likely N-dealkylation sites (tertiary alicyclic amines) is 1. The van der Waals surface area contributed by atoms with Crippen LogP contribution in [0, 0.1) is 13.8 Å². The van der Waals surface area contributed by atoms with Crippen molar-refractivity contribution in [1.82, 2.24) is 24.4 Å². The quantitative estimate of drug-likeness (QED) is 0.724. The molecule has 4 heterocycles. The summed E-state index contributed by atoms with van der Waals surface area (Å²) in [6, 6.07) is 3.67. The Bertz CT molecular complexity index is 897. The van der Waals surface area contributed by atoms with Crippen LogP contribution in [0.25, 0.3) is 5.78 Å². The summed E-state index contributed by atoms with van der Waals surface area (Å²) >= 11 is 0. The molecule has 7 nitrogen and oxygen atoms in total. The molecule has 1 amide bonds. The van der Waals surface area contributed by atoms with Gasteiger partial charge in [0.1, 0.15) is 5.76 Å². The first-order valence-electron chi connectivity index (χ1n) is 8.18. The predicted octanol–water partition coefficient (Wildman–Crippen LogP) is 2.70. The highest BCUT2D eigenvalue weighted by molar-refractivity contribution is 5.92. The Hall–Kier alpha value is -2.70. The fourth-order valence-electron chi connectivity index (χ4n) is 3.35. The van der Waals surface area contributed by atoms with Gasteiger partial charge >= 0.3 is 0 Å². The smallest absolute Gasteiger partial charge is 0.276 e. The fourth-order valence-corrected chi connectivity index (χ4v) is 3.35. The number of amides is 1. The van der Waals surface area contributed by atoms with Crippen LogP contribution in [0.15, 0.2) is 29.0 Å². The molecule has 7 heteroatoms. The molecule has 24 heavy (non-hydrogen) atoms. The van der Waals surface area contributed by atoms with Gasteiger partial charge in [-0.15, -0.1) is 0 Å². The number of hydrogen-bond donors (Lipinski definition) is 0. The fraction of sp³-hybridized carbons (Fsp3) is 0.412. The lowest BCUT2D eigenvalue weighted by atomic mass is 9.98. The van der Waals surface area contributed by atoms with Crippen LogP contribution in [0.1, 0.15) is 52.9 Å². The molecule has 0 aromatic carbocycles. The largest absolute Gasteiger partial charge is 0.361 e. The van der Waals surface area contributed by atoms with E-state index in [9.17, 15) is 4.79 Å². The van der Waals surface area contributed by atoms with E-state index in [-0.39, 0.29) is 11.9 Å². The van der Waals surface area contributed by atoms with Gasteiger partial charge < -0.3 is 9.42 Å². The maximum absolute atomic E-state index is 12.9. The molecule has 1 atom stereocenters. The normalized spacial score (nSPS) is 18.2. The van der Waals surface area contributed by atoms with Crippen LogP contribution in [0.3, 0.4) is 0 Å². The van der Waals surface area contributed by atoms with Gasteiger partial charge in [-0.1, -0.05) is 5.16 Å². The van der Waals surface area contributed by atoms with Crippen molar-refractivity contribution in [2.75, 3.05) is 6.54 Å². The zero-order chi connectivity index (χ0) is 16.7. The van der Waals surface area contributed by atoms with Crippen LogP contribution >= 0.6 is 0 Å². The van der Waals surface area contributed by atoms with E-state index in [0.29, 0.717) is 23.8 Å². The first-order valence-corrected chi connectivity index (χ1v) is 8.18. The van der Waals surface area contributed by atoms with E-state index in [1.54, 1.807) is 19.2 Å². The Balaban J connectivity index is 1.71. The Kier molecular flexibility index (Phi) is 3.55. The topological polar surface area (TPSA) is 76.5 Å². The lowest BCUT2D eigenvalue weighted by Crippen LogP contribution is -2.39. The number of carbonyl (C=O) groups excluding carboxylic acids is 1. The summed E-state index contributed by atoms with van der Waals surface area (Å²) in [5.41, 5.74) is 2.31. The summed E-state index contributed by atoms with van der Waals surface area (Å²) in [6.45, 7) is 4.51. The number of carbonyl (C=O) groups is 1. The van der Waals surface area contributed by atoms with Gasteiger partial charge in [0.2, 0.25) is 5.78 Å². The first kappa shape index (κ1) is 14.9. The molecular weight excluding hydrogens is 306 g/mol. The maximum atomic E-state index is 12.9. The molecule has 0 unspecified atom stereocenters. The van der Waals surface area contributed by atoms with Crippen molar-refractivity contribution in [3.8, 4) is 0 Å². The molecule has 0 saturated carbocycles. The summed E-state index contributed by atoms with van der Waals surface area (Å²) in [5, 5.41) is 3.88. The van der Waals surface area contributed by atoms with Gasteiger partial charge in [-0.25, -0.2) is 9.97 Å². The molecule has 1 fully saturated rings. The van der Waals surface area contributed by atoms with Gasteiger partial charge in [0, 0.05) is 30.7 Å². The molecular formula is C17H19N5O2. The summed E-state index contributed by atoms with van der Waals surface area (Å²) in [5.74, 6) is 1.21. The van der Waals surface area contributed by atoms with Crippen LogP contribution in [-0.4, -0.2) is 36.9 Å². The average Bonchev–Trinajstić information content (AvgIpc) is 3.23. The molecule has 0 N–H and O–H groups in total. The number of fused-ring (bicyclic) bond motifs is 1. The van der Waals surface area contributed by atoms with E-state index in [1.807, 2.05) is 28.5 Å². The molecule has 3 aromatic rings. The zero-order valence-electron chi connectivity index (χ0n) is 13.8. The molecule has 3 aromatic heterocycles. The Morgan fingerprint density at radius 2 is 2.17 bits per heavy atom. The van der Waals surface area contributed by atoms with E-state index in [1.165, 1.54) is 0 Å². The highest BCUT2D eigenvalue weighted by Gasteiger charge is 2.31. The number of imidazole rings is 1. The van der Waals surface area contributed by atoms with Crippen LogP contribution in [-0.2, 0) is 0 Å². The Morgan fingerprint density at radius 3 is 2.96 bits per heavy atom. The van der Waals surface area contributed by atoms with E-state index >= 15 is 0 Å². The molecule has 0 spiro atoms. The summed E-state index contributed by atoms with van der Waals surface area (Å²) in [6.07, 6.45) is 6.59. The van der Waals surface area contributed by atoms with Gasteiger partial charge in [0.15, 0.2) is 5.69 Å². The second-order valence-corrected chi connectivity index (χ2v) is 6.25. The lowest BCUT2D eigenvalue weighted by Gasteiger charge is -2.35. The Labute approximate surface area is 139 Å². The van der Waals surface area contributed by atoms with E-state index < -0.39 is 0 Å².